The lowest BCUT2D eigenvalue weighted by Crippen LogP contribution is -2.50. The Morgan fingerprint density at radius 2 is 1.84 bits per heavy atom. The molecule has 2 aromatic rings. The molecule has 0 unspecified atom stereocenters. The molecule has 8 heteroatoms. The van der Waals surface area contributed by atoms with Crippen molar-refractivity contribution in [1.82, 2.24) is 10.6 Å². The van der Waals surface area contributed by atoms with Crippen molar-refractivity contribution in [2.24, 2.45) is 5.92 Å². The van der Waals surface area contributed by atoms with Crippen molar-refractivity contribution in [2.45, 2.75) is 64.1 Å². The molecule has 0 saturated carbocycles. The first-order chi connectivity index (χ1) is 18.2. The number of ether oxygens (including phenoxy) is 2. The quantitative estimate of drug-likeness (QED) is 0.343. The number of aliphatic hydroxyl groups is 1. The lowest BCUT2D eigenvalue weighted by Gasteiger charge is -2.28. The zero-order valence-electron chi connectivity index (χ0n) is 22.2. The van der Waals surface area contributed by atoms with Gasteiger partial charge in [0.25, 0.3) is 0 Å². The Bertz CT molecular complexity index is 1080. The zero-order chi connectivity index (χ0) is 27.4. The third kappa shape index (κ3) is 10.0. The summed E-state index contributed by atoms with van der Waals surface area (Å²) in [5, 5.41) is 15.6. The van der Waals surface area contributed by atoms with Crippen LogP contribution >= 0.6 is 0 Å². The molecule has 8 nitrogen and oxygen atoms in total. The molecule has 0 spiro atoms. The van der Waals surface area contributed by atoms with Crippen molar-refractivity contribution in [2.75, 3.05) is 13.2 Å². The SMILES string of the molecule is CC1(C)COC(=O)CCC=CC[C@H](CC(=O)N[C@H](CO)Cc2ccc(OCc3ccccc3)cc2)C(=O)N1. The second kappa shape index (κ2) is 14.3. The lowest BCUT2D eigenvalue weighted by molar-refractivity contribution is -0.146. The van der Waals surface area contributed by atoms with E-state index in [1.54, 1.807) is 13.8 Å². The summed E-state index contributed by atoms with van der Waals surface area (Å²) < 4.78 is 11.1. The fourth-order valence-corrected chi connectivity index (χ4v) is 4.09. The summed E-state index contributed by atoms with van der Waals surface area (Å²) in [5.74, 6) is -0.741. The Morgan fingerprint density at radius 1 is 1.11 bits per heavy atom. The molecular formula is C30H38N2O6. The number of cyclic esters (lactones) is 1. The first-order valence-electron chi connectivity index (χ1n) is 13.0. The average molecular weight is 523 g/mol. The van der Waals surface area contributed by atoms with Gasteiger partial charge in [0, 0.05) is 12.8 Å². The first-order valence-corrected chi connectivity index (χ1v) is 13.0. The summed E-state index contributed by atoms with van der Waals surface area (Å²) in [6.07, 6.45) is 5.23. The number of aliphatic hydroxyl groups excluding tert-OH is 1. The molecule has 3 N–H and O–H groups in total. The maximum Gasteiger partial charge on any atom is 0.306 e. The predicted molar refractivity (Wildman–Crippen MR) is 144 cm³/mol. The number of amides is 2. The normalized spacial score (nSPS) is 18.8. The van der Waals surface area contributed by atoms with E-state index in [0.717, 1.165) is 16.9 Å². The summed E-state index contributed by atoms with van der Waals surface area (Å²) in [5.41, 5.74) is 1.27. The largest absolute Gasteiger partial charge is 0.489 e. The molecule has 204 valence electrons. The molecule has 1 aliphatic rings. The number of allylic oxidation sites excluding steroid dienone is 2. The summed E-state index contributed by atoms with van der Waals surface area (Å²) in [6.45, 7) is 3.85. The number of carbonyl (C=O) groups is 3. The van der Waals surface area contributed by atoms with Crippen molar-refractivity contribution in [3.8, 4) is 5.75 Å². The highest BCUT2D eigenvalue weighted by atomic mass is 16.5. The molecule has 0 aromatic heterocycles. The second-order valence-electron chi connectivity index (χ2n) is 10.3. The smallest absolute Gasteiger partial charge is 0.306 e. The maximum absolute atomic E-state index is 13.0. The van der Waals surface area contributed by atoms with Crippen LogP contribution in [0.15, 0.2) is 66.7 Å². The molecule has 1 heterocycles. The van der Waals surface area contributed by atoms with Crippen LogP contribution in [-0.4, -0.2) is 47.7 Å². The number of hydrogen-bond acceptors (Lipinski definition) is 6. The molecule has 2 amide bonds. The Kier molecular flexibility index (Phi) is 10.9. The average Bonchev–Trinajstić information content (AvgIpc) is 2.90. The minimum Gasteiger partial charge on any atom is -0.489 e. The van der Waals surface area contributed by atoms with Crippen LogP contribution in [-0.2, 0) is 32.1 Å². The van der Waals surface area contributed by atoms with E-state index in [-0.39, 0.29) is 43.8 Å². The van der Waals surface area contributed by atoms with Crippen molar-refractivity contribution in [1.29, 1.82) is 0 Å². The topological polar surface area (TPSA) is 114 Å². The van der Waals surface area contributed by atoms with Crippen molar-refractivity contribution >= 4 is 17.8 Å². The van der Waals surface area contributed by atoms with E-state index in [1.165, 1.54) is 0 Å². The van der Waals surface area contributed by atoms with Gasteiger partial charge in [-0.1, -0.05) is 54.6 Å². The van der Waals surface area contributed by atoms with Gasteiger partial charge in [-0.15, -0.1) is 0 Å². The van der Waals surface area contributed by atoms with Gasteiger partial charge in [0.2, 0.25) is 11.8 Å². The Balaban J connectivity index is 1.54. The highest BCUT2D eigenvalue weighted by molar-refractivity contribution is 5.86. The van der Waals surface area contributed by atoms with E-state index in [4.69, 9.17) is 9.47 Å². The first kappa shape index (κ1) is 28.9. The summed E-state index contributed by atoms with van der Waals surface area (Å²) >= 11 is 0. The predicted octanol–water partition coefficient (Wildman–Crippen LogP) is 3.47. The van der Waals surface area contributed by atoms with Crippen LogP contribution in [0, 0.1) is 5.92 Å². The summed E-state index contributed by atoms with van der Waals surface area (Å²) in [7, 11) is 0. The Hall–Kier alpha value is -3.65. The number of hydrogen-bond donors (Lipinski definition) is 3. The number of esters is 1. The molecule has 0 bridgehead atoms. The third-order valence-corrected chi connectivity index (χ3v) is 6.20. The van der Waals surface area contributed by atoms with E-state index in [0.29, 0.717) is 25.9 Å². The molecule has 0 fully saturated rings. The van der Waals surface area contributed by atoms with Crippen LogP contribution in [0.5, 0.6) is 5.75 Å². The van der Waals surface area contributed by atoms with E-state index < -0.39 is 17.5 Å². The minimum absolute atomic E-state index is 0.0190. The van der Waals surface area contributed by atoms with Crippen LogP contribution in [0.4, 0.5) is 0 Å². The van der Waals surface area contributed by atoms with Gasteiger partial charge in [-0.05, 0) is 56.4 Å². The lowest BCUT2D eigenvalue weighted by atomic mass is 9.96. The molecule has 0 radical (unpaired) electrons. The molecule has 1 aliphatic heterocycles. The molecule has 0 aliphatic carbocycles. The van der Waals surface area contributed by atoms with E-state index in [2.05, 4.69) is 10.6 Å². The summed E-state index contributed by atoms with van der Waals surface area (Å²) in [6, 6.07) is 17.0. The van der Waals surface area contributed by atoms with Crippen LogP contribution in [0.2, 0.25) is 0 Å². The number of rotatable bonds is 9. The molecular weight excluding hydrogens is 484 g/mol. The molecule has 3 rings (SSSR count). The van der Waals surface area contributed by atoms with Gasteiger partial charge in [0.15, 0.2) is 0 Å². The zero-order valence-corrected chi connectivity index (χ0v) is 22.2. The molecule has 2 atom stereocenters. The molecule has 2 aromatic carbocycles. The van der Waals surface area contributed by atoms with Gasteiger partial charge in [0.1, 0.15) is 19.0 Å². The van der Waals surface area contributed by atoms with Crippen molar-refractivity contribution in [3.63, 3.8) is 0 Å². The van der Waals surface area contributed by atoms with Crippen LogP contribution in [0.3, 0.4) is 0 Å². The van der Waals surface area contributed by atoms with Gasteiger partial charge in [-0.2, -0.15) is 0 Å². The minimum atomic E-state index is -0.755. The van der Waals surface area contributed by atoms with E-state index in [1.807, 2.05) is 66.7 Å². The second-order valence-corrected chi connectivity index (χ2v) is 10.3. The maximum atomic E-state index is 13.0. The van der Waals surface area contributed by atoms with E-state index >= 15 is 0 Å². The Labute approximate surface area is 224 Å². The van der Waals surface area contributed by atoms with Gasteiger partial charge in [-0.25, -0.2) is 0 Å². The van der Waals surface area contributed by atoms with Crippen LogP contribution in [0.25, 0.3) is 0 Å². The number of nitrogens with one attached hydrogen (secondary N) is 2. The van der Waals surface area contributed by atoms with Gasteiger partial charge >= 0.3 is 5.97 Å². The number of benzene rings is 2. The molecule has 38 heavy (non-hydrogen) atoms. The summed E-state index contributed by atoms with van der Waals surface area (Å²) in [4.78, 5) is 37.6. The fourth-order valence-electron chi connectivity index (χ4n) is 4.09. The monoisotopic (exact) mass is 522 g/mol. The van der Waals surface area contributed by atoms with Crippen molar-refractivity contribution < 1.29 is 29.0 Å². The third-order valence-electron chi connectivity index (χ3n) is 6.20. The Morgan fingerprint density at radius 3 is 2.55 bits per heavy atom. The number of carbonyl (C=O) groups excluding carboxylic acids is 3. The van der Waals surface area contributed by atoms with E-state index in [9.17, 15) is 19.5 Å². The van der Waals surface area contributed by atoms with Crippen LogP contribution in [0.1, 0.15) is 50.7 Å². The van der Waals surface area contributed by atoms with Gasteiger partial charge in [0.05, 0.1) is 24.1 Å². The van der Waals surface area contributed by atoms with Gasteiger partial charge < -0.3 is 25.2 Å². The fraction of sp³-hybridized carbons (Fsp3) is 0.433. The standard InChI is InChI=1S/C30H38N2O6/c1-30(2)21-38-28(35)12-8-4-7-11-24(29(36)32-30)18-27(34)31-25(19-33)17-22-13-15-26(16-14-22)37-20-23-9-5-3-6-10-23/h3-7,9-10,13-16,24-25,33H,8,11-12,17-21H2,1-2H3,(H,31,34)(H,32,36)/t24-,25+/m1/s1. The van der Waals surface area contributed by atoms with Crippen molar-refractivity contribution in [3.05, 3.63) is 77.9 Å². The highest BCUT2D eigenvalue weighted by Gasteiger charge is 2.29. The van der Waals surface area contributed by atoms with Gasteiger partial charge in [-0.3, -0.25) is 14.4 Å². The highest BCUT2D eigenvalue weighted by Crippen LogP contribution is 2.17. The molecule has 0 saturated heterocycles. The van der Waals surface area contributed by atoms with Crippen LogP contribution < -0.4 is 15.4 Å².